The molecule has 0 amide bonds. The van der Waals surface area contributed by atoms with Gasteiger partial charge >= 0.3 is 0 Å². The molecule has 0 unspecified atom stereocenters. The second-order valence-electron chi connectivity index (χ2n) is 14.5. The van der Waals surface area contributed by atoms with E-state index in [0.29, 0.717) is 11.5 Å². The van der Waals surface area contributed by atoms with E-state index in [9.17, 15) is 0 Å². The molecule has 0 aromatic heterocycles. The summed E-state index contributed by atoms with van der Waals surface area (Å²) in [6.45, 7) is 0. The number of benzene rings is 9. The zero-order valence-electron chi connectivity index (χ0n) is 30.5. The normalized spacial score (nSPS) is 13.1. The largest absolute Gasteiger partial charge is 0.453 e. The number of anilines is 3. The highest BCUT2D eigenvalue weighted by molar-refractivity contribution is 5.95. The lowest BCUT2D eigenvalue weighted by Gasteiger charge is -2.35. The first-order chi connectivity index (χ1) is 27.8. The van der Waals surface area contributed by atoms with Crippen LogP contribution in [0.3, 0.4) is 0 Å². The van der Waals surface area contributed by atoms with Crippen LogP contribution in [0.25, 0.3) is 33.0 Å². The van der Waals surface area contributed by atoms with Crippen LogP contribution in [0, 0.1) is 0 Å². The van der Waals surface area contributed by atoms with Gasteiger partial charge in [0.15, 0.2) is 11.5 Å². The summed E-state index contributed by atoms with van der Waals surface area (Å²) in [5.74, 6) is 2.89. The van der Waals surface area contributed by atoms with Gasteiger partial charge in [-0.05, 0) is 98.4 Å². The third kappa shape index (κ3) is 4.98. The molecule has 9 aromatic rings. The number of ether oxygens (including phenoxy) is 2. The van der Waals surface area contributed by atoms with Crippen LogP contribution in [0.5, 0.6) is 23.0 Å². The summed E-state index contributed by atoms with van der Waals surface area (Å²) in [6.07, 6.45) is 0. The third-order valence-corrected chi connectivity index (χ3v) is 11.4. The molecule has 56 heavy (non-hydrogen) atoms. The Kier molecular flexibility index (Phi) is 7.39. The van der Waals surface area contributed by atoms with Gasteiger partial charge in [-0.2, -0.15) is 0 Å². The fourth-order valence-electron chi connectivity index (χ4n) is 8.95. The van der Waals surface area contributed by atoms with Crippen LogP contribution < -0.4 is 14.4 Å². The number of rotatable bonds is 6. The van der Waals surface area contributed by atoms with Gasteiger partial charge in [-0.3, -0.25) is 0 Å². The minimum absolute atomic E-state index is 0.531. The van der Waals surface area contributed by atoms with Gasteiger partial charge in [0.05, 0.1) is 16.5 Å². The van der Waals surface area contributed by atoms with Crippen LogP contribution in [0.4, 0.5) is 17.1 Å². The molecule has 0 spiro atoms. The Balaban J connectivity index is 1.14. The quantitative estimate of drug-likeness (QED) is 0.171. The first-order valence-corrected chi connectivity index (χ1v) is 19.1. The Morgan fingerprint density at radius 1 is 0.339 bits per heavy atom. The minimum Gasteiger partial charge on any atom is -0.453 e. The average Bonchev–Trinajstić information content (AvgIpc) is 3.45. The summed E-state index contributed by atoms with van der Waals surface area (Å²) >= 11 is 0. The molecule has 264 valence electrons. The molecule has 1 aliphatic carbocycles. The molecule has 0 N–H and O–H groups in total. The summed E-state index contributed by atoms with van der Waals surface area (Å²) in [7, 11) is 0. The van der Waals surface area contributed by atoms with Gasteiger partial charge in [0.25, 0.3) is 0 Å². The Bertz CT molecular complexity index is 2880. The third-order valence-electron chi connectivity index (χ3n) is 11.4. The van der Waals surface area contributed by atoms with Crippen LogP contribution in [0.15, 0.2) is 212 Å². The van der Waals surface area contributed by atoms with Gasteiger partial charge in [0.1, 0.15) is 11.5 Å². The molecule has 0 bridgehead atoms. The van der Waals surface area contributed by atoms with Gasteiger partial charge in [-0.1, -0.05) is 158 Å². The molecule has 0 atom stereocenters. The Morgan fingerprint density at radius 3 is 1.62 bits per heavy atom. The predicted octanol–water partition coefficient (Wildman–Crippen LogP) is 14.2. The van der Waals surface area contributed by atoms with Crippen molar-refractivity contribution in [2.45, 2.75) is 5.41 Å². The number of fused-ring (bicyclic) bond motifs is 4. The van der Waals surface area contributed by atoms with Crippen LogP contribution in [0.1, 0.15) is 22.3 Å². The molecule has 2 aliphatic rings. The maximum Gasteiger partial charge on any atom is 0.172 e. The zero-order chi connectivity index (χ0) is 37.1. The number of hydrogen-bond acceptors (Lipinski definition) is 3. The van der Waals surface area contributed by atoms with Crippen molar-refractivity contribution in [3.05, 3.63) is 235 Å². The van der Waals surface area contributed by atoms with Crippen molar-refractivity contribution in [2.75, 3.05) is 4.90 Å². The van der Waals surface area contributed by atoms with Gasteiger partial charge < -0.3 is 14.4 Å². The van der Waals surface area contributed by atoms with E-state index >= 15 is 0 Å². The van der Waals surface area contributed by atoms with Crippen molar-refractivity contribution in [1.29, 1.82) is 0 Å². The van der Waals surface area contributed by atoms with Crippen molar-refractivity contribution in [1.82, 2.24) is 0 Å². The van der Waals surface area contributed by atoms with Crippen LogP contribution in [-0.4, -0.2) is 0 Å². The van der Waals surface area contributed by atoms with Crippen LogP contribution >= 0.6 is 0 Å². The predicted molar refractivity (Wildman–Crippen MR) is 228 cm³/mol. The second kappa shape index (κ2) is 12.9. The van der Waals surface area contributed by atoms with Crippen molar-refractivity contribution >= 4 is 27.8 Å². The lowest BCUT2D eigenvalue weighted by atomic mass is 9.67. The highest BCUT2D eigenvalue weighted by Crippen LogP contribution is 2.57. The molecule has 0 saturated carbocycles. The van der Waals surface area contributed by atoms with E-state index in [1.165, 1.54) is 33.4 Å². The summed E-state index contributed by atoms with van der Waals surface area (Å²) in [4.78, 5) is 2.35. The van der Waals surface area contributed by atoms with E-state index in [0.717, 1.165) is 50.5 Å². The lowest BCUT2D eigenvalue weighted by Crippen LogP contribution is -2.28. The Labute approximate surface area is 326 Å². The van der Waals surface area contributed by atoms with Crippen molar-refractivity contribution < 1.29 is 9.47 Å². The molecule has 0 fully saturated rings. The Morgan fingerprint density at radius 2 is 0.893 bits per heavy atom. The fraction of sp³-hybridized carbons (Fsp3) is 0.0189. The maximum atomic E-state index is 6.74. The van der Waals surface area contributed by atoms with Crippen LogP contribution in [0.2, 0.25) is 0 Å². The highest BCUT2D eigenvalue weighted by Gasteiger charge is 2.46. The van der Waals surface area contributed by atoms with E-state index in [1.807, 2.05) is 30.3 Å². The smallest absolute Gasteiger partial charge is 0.172 e. The standard InChI is InChI=1S/C53H35NO2/c1-4-15-36(16-5-1)38-19-12-24-41(33-38)54(43-30-32-48-51(35-43)56-50-28-14-18-37-17-13-27-49(55-48)52(37)50)42-29-31-45-44-25-10-11-26-46(44)53(47(45)34-42,39-20-6-2-7-21-39)40-22-8-3-9-23-40/h1-35H. The monoisotopic (exact) mass is 717 g/mol. The SMILES string of the molecule is c1ccc(-c2cccc(N(c3ccc4c(c3)Oc3cccc5cccc(c35)O4)c3ccc4c(c3)C(c3ccccc3)(c3ccccc3)c3ccccc3-4)c2)cc1. The first kappa shape index (κ1) is 32.1. The van der Waals surface area contributed by atoms with Crippen molar-refractivity contribution in [3.63, 3.8) is 0 Å². The topological polar surface area (TPSA) is 21.7 Å². The zero-order valence-corrected chi connectivity index (χ0v) is 30.5. The lowest BCUT2D eigenvalue weighted by molar-refractivity contribution is 0.439. The second-order valence-corrected chi connectivity index (χ2v) is 14.5. The van der Waals surface area contributed by atoms with Gasteiger partial charge in [0.2, 0.25) is 0 Å². The summed E-state index contributed by atoms with van der Waals surface area (Å²) in [6, 6.07) is 75.7. The number of hydrogen-bond donors (Lipinski definition) is 0. The average molecular weight is 718 g/mol. The molecule has 3 nitrogen and oxygen atoms in total. The van der Waals surface area contributed by atoms with E-state index < -0.39 is 5.41 Å². The van der Waals surface area contributed by atoms with E-state index in [1.54, 1.807) is 0 Å². The van der Waals surface area contributed by atoms with Gasteiger partial charge in [-0.15, -0.1) is 0 Å². The Hall–Kier alpha value is -7.36. The molecular weight excluding hydrogens is 683 g/mol. The number of nitrogens with zero attached hydrogens (tertiary/aromatic N) is 1. The highest BCUT2D eigenvalue weighted by atomic mass is 16.5. The van der Waals surface area contributed by atoms with Crippen molar-refractivity contribution in [3.8, 4) is 45.3 Å². The van der Waals surface area contributed by atoms with E-state index in [4.69, 9.17) is 9.47 Å². The van der Waals surface area contributed by atoms with E-state index in [2.05, 4.69) is 187 Å². The van der Waals surface area contributed by atoms with E-state index in [-0.39, 0.29) is 0 Å². The van der Waals surface area contributed by atoms with Crippen molar-refractivity contribution in [2.24, 2.45) is 0 Å². The fourth-order valence-corrected chi connectivity index (χ4v) is 8.95. The van der Waals surface area contributed by atoms with Gasteiger partial charge in [0, 0.05) is 17.4 Å². The molecule has 3 heteroatoms. The summed E-state index contributed by atoms with van der Waals surface area (Å²) < 4.78 is 13.3. The molecular formula is C53H35NO2. The minimum atomic E-state index is -0.531. The molecule has 1 aliphatic heterocycles. The molecule has 0 radical (unpaired) electrons. The molecule has 11 rings (SSSR count). The van der Waals surface area contributed by atoms with Gasteiger partial charge in [-0.25, -0.2) is 0 Å². The molecule has 0 saturated heterocycles. The molecule has 9 aromatic carbocycles. The molecule has 1 heterocycles. The summed E-state index contributed by atoms with van der Waals surface area (Å²) in [5.41, 5.74) is 12.3. The maximum absolute atomic E-state index is 6.74. The summed E-state index contributed by atoms with van der Waals surface area (Å²) in [5, 5.41) is 2.04. The van der Waals surface area contributed by atoms with Crippen LogP contribution in [-0.2, 0) is 5.41 Å². The first-order valence-electron chi connectivity index (χ1n) is 19.1.